The van der Waals surface area contributed by atoms with Gasteiger partial charge in [0.25, 0.3) is 0 Å². The molecule has 26 heavy (non-hydrogen) atoms. The first-order valence-corrected chi connectivity index (χ1v) is 9.95. The fourth-order valence-corrected chi connectivity index (χ4v) is 3.56. The SMILES string of the molecule is CCOc1ccc(Nc2cc(C3CC3)nc(NC3CCCCC3)n2)cc1. The van der Waals surface area contributed by atoms with E-state index in [9.17, 15) is 0 Å². The molecule has 0 radical (unpaired) electrons. The van der Waals surface area contributed by atoms with Gasteiger partial charge in [0, 0.05) is 23.7 Å². The fourth-order valence-electron chi connectivity index (χ4n) is 3.56. The summed E-state index contributed by atoms with van der Waals surface area (Å²) >= 11 is 0. The summed E-state index contributed by atoms with van der Waals surface area (Å²) in [5.74, 6) is 3.13. The summed E-state index contributed by atoms with van der Waals surface area (Å²) in [5.41, 5.74) is 2.17. The molecule has 0 saturated heterocycles. The summed E-state index contributed by atoms with van der Waals surface area (Å²) in [4.78, 5) is 9.51. The number of nitrogens with one attached hydrogen (secondary N) is 2. The molecule has 5 heteroatoms. The van der Waals surface area contributed by atoms with Crippen molar-refractivity contribution >= 4 is 17.5 Å². The Hall–Kier alpha value is -2.30. The van der Waals surface area contributed by atoms with Gasteiger partial charge in [-0.05, 0) is 56.9 Å². The van der Waals surface area contributed by atoms with Crippen molar-refractivity contribution in [3.8, 4) is 5.75 Å². The molecule has 2 aliphatic rings. The van der Waals surface area contributed by atoms with E-state index in [2.05, 4.69) is 16.7 Å². The Morgan fingerprint density at radius 1 is 1.00 bits per heavy atom. The quantitative estimate of drug-likeness (QED) is 0.713. The van der Waals surface area contributed by atoms with Gasteiger partial charge in [0.2, 0.25) is 5.95 Å². The van der Waals surface area contributed by atoms with Crippen molar-refractivity contribution in [3.05, 3.63) is 36.0 Å². The van der Waals surface area contributed by atoms with Crippen LogP contribution in [0.25, 0.3) is 0 Å². The van der Waals surface area contributed by atoms with E-state index in [-0.39, 0.29) is 0 Å². The third kappa shape index (κ3) is 4.45. The molecule has 0 bridgehead atoms. The molecule has 1 aromatic carbocycles. The molecule has 0 amide bonds. The van der Waals surface area contributed by atoms with E-state index in [0.717, 1.165) is 28.9 Å². The van der Waals surface area contributed by atoms with Gasteiger partial charge in [-0.25, -0.2) is 4.98 Å². The molecule has 0 spiro atoms. The lowest BCUT2D eigenvalue weighted by Crippen LogP contribution is -2.23. The second-order valence-electron chi connectivity index (χ2n) is 7.34. The summed E-state index contributed by atoms with van der Waals surface area (Å²) in [5, 5.41) is 7.00. The highest BCUT2D eigenvalue weighted by atomic mass is 16.5. The van der Waals surface area contributed by atoms with Crippen LogP contribution in [0.4, 0.5) is 17.5 Å². The topological polar surface area (TPSA) is 59.1 Å². The first-order valence-electron chi connectivity index (χ1n) is 9.95. The lowest BCUT2D eigenvalue weighted by molar-refractivity contribution is 0.340. The van der Waals surface area contributed by atoms with Crippen molar-refractivity contribution in [2.45, 2.75) is 63.8 Å². The van der Waals surface area contributed by atoms with Gasteiger partial charge >= 0.3 is 0 Å². The minimum atomic E-state index is 0.511. The van der Waals surface area contributed by atoms with Crippen molar-refractivity contribution in [3.63, 3.8) is 0 Å². The smallest absolute Gasteiger partial charge is 0.225 e. The average molecular weight is 352 g/mol. The predicted octanol–water partition coefficient (Wildman–Crippen LogP) is 5.24. The van der Waals surface area contributed by atoms with Crippen LogP contribution >= 0.6 is 0 Å². The minimum absolute atomic E-state index is 0.511. The summed E-state index contributed by atoms with van der Waals surface area (Å²) in [6.45, 7) is 2.67. The van der Waals surface area contributed by atoms with Gasteiger partial charge in [-0.15, -0.1) is 0 Å². The standard InChI is InChI=1S/C21H28N4O/c1-2-26-18-12-10-17(11-13-18)22-20-14-19(15-8-9-15)24-21(25-20)23-16-6-4-3-5-7-16/h10-16H,2-9H2,1H3,(H2,22,23,24,25). The van der Waals surface area contributed by atoms with Crippen LogP contribution in [0, 0.1) is 0 Å². The van der Waals surface area contributed by atoms with Gasteiger partial charge in [0.05, 0.1) is 12.3 Å². The maximum absolute atomic E-state index is 5.51. The Labute approximate surface area is 155 Å². The number of hydrogen-bond donors (Lipinski definition) is 2. The number of nitrogens with zero attached hydrogens (tertiary/aromatic N) is 2. The van der Waals surface area contributed by atoms with Crippen molar-refractivity contribution in [2.75, 3.05) is 17.2 Å². The molecule has 2 aromatic rings. The molecule has 2 fully saturated rings. The molecule has 1 aromatic heterocycles. The second kappa shape index (κ2) is 7.94. The number of ether oxygens (including phenoxy) is 1. The highest BCUT2D eigenvalue weighted by Gasteiger charge is 2.26. The van der Waals surface area contributed by atoms with Crippen LogP contribution < -0.4 is 15.4 Å². The van der Waals surface area contributed by atoms with E-state index in [4.69, 9.17) is 14.7 Å². The zero-order chi connectivity index (χ0) is 17.8. The van der Waals surface area contributed by atoms with Crippen LogP contribution in [0.2, 0.25) is 0 Å². The van der Waals surface area contributed by atoms with Crippen LogP contribution in [0.3, 0.4) is 0 Å². The maximum Gasteiger partial charge on any atom is 0.225 e. The average Bonchev–Trinajstić information content (AvgIpc) is 3.50. The molecule has 2 N–H and O–H groups in total. The Bertz CT molecular complexity index is 721. The van der Waals surface area contributed by atoms with E-state index in [1.807, 2.05) is 31.2 Å². The molecule has 0 unspecified atom stereocenters. The second-order valence-corrected chi connectivity index (χ2v) is 7.34. The normalized spacial score (nSPS) is 17.7. The van der Waals surface area contributed by atoms with Gasteiger partial charge in [-0.3, -0.25) is 0 Å². The van der Waals surface area contributed by atoms with E-state index >= 15 is 0 Å². The number of anilines is 3. The Balaban J connectivity index is 1.50. The Morgan fingerprint density at radius 2 is 1.77 bits per heavy atom. The van der Waals surface area contributed by atoms with Crippen molar-refractivity contribution in [2.24, 2.45) is 0 Å². The zero-order valence-electron chi connectivity index (χ0n) is 15.5. The molecule has 4 rings (SSSR count). The highest BCUT2D eigenvalue weighted by molar-refractivity contribution is 5.59. The molecule has 5 nitrogen and oxygen atoms in total. The van der Waals surface area contributed by atoms with Crippen LogP contribution in [0.5, 0.6) is 5.75 Å². The molecule has 2 saturated carbocycles. The van der Waals surface area contributed by atoms with Crippen LogP contribution in [0.15, 0.2) is 30.3 Å². The zero-order valence-corrected chi connectivity index (χ0v) is 15.5. The lowest BCUT2D eigenvalue weighted by Gasteiger charge is -2.23. The first kappa shape index (κ1) is 17.1. The number of aromatic nitrogens is 2. The summed E-state index contributed by atoms with van der Waals surface area (Å²) < 4.78 is 5.51. The lowest BCUT2D eigenvalue weighted by atomic mass is 9.96. The molecule has 138 valence electrons. The molecule has 0 atom stereocenters. The third-order valence-corrected chi connectivity index (χ3v) is 5.12. The maximum atomic E-state index is 5.51. The summed E-state index contributed by atoms with van der Waals surface area (Å²) in [6.07, 6.45) is 8.88. The highest BCUT2D eigenvalue weighted by Crippen LogP contribution is 2.40. The predicted molar refractivity (Wildman–Crippen MR) is 105 cm³/mol. The minimum Gasteiger partial charge on any atom is -0.494 e. The van der Waals surface area contributed by atoms with E-state index < -0.39 is 0 Å². The van der Waals surface area contributed by atoms with Crippen LogP contribution in [-0.4, -0.2) is 22.6 Å². The third-order valence-electron chi connectivity index (χ3n) is 5.12. The van der Waals surface area contributed by atoms with E-state index in [1.165, 1.54) is 44.9 Å². The summed E-state index contributed by atoms with van der Waals surface area (Å²) in [7, 11) is 0. The largest absolute Gasteiger partial charge is 0.494 e. The fraction of sp³-hybridized carbons (Fsp3) is 0.524. The number of hydrogen-bond acceptors (Lipinski definition) is 5. The Kier molecular flexibility index (Phi) is 5.23. The molecule has 2 aliphatic carbocycles. The van der Waals surface area contributed by atoms with Crippen molar-refractivity contribution in [1.82, 2.24) is 9.97 Å². The number of benzene rings is 1. The summed E-state index contributed by atoms with van der Waals surface area (Å²) in [6, 6.07) is 10.6. The Morgan fingerprint density at radius 3 is 2.46 bits per heavy atom. The van der Waals surface area contributed by atoms with E-state index in [1.54, 1.807) is 0 Å². The molecular formula is C21H28N4O. The monoisotopic (exact) mass is 352 g/mol. The molecular weight excluding hydrogens is 324 g/mol. The molecule has 0 aliphatic heterocycles. The van der Waals surface area contributed by atoms with Gasteiger partial charge in [-0.2, -0.15) is 4.98 Å². The van der Waals surface area contributed by atoms with Gasteiger partial charge in [0.15, 0.2) is 0 Å². The van der Waals surface area contributed by atoms with E-state index in [0.29, 0.717) is 18.6 Å². The van der Waals surface area contributed by atoms with Crippen molar-refractivity contribution < 1.29 is 4.74 Å². The number of rotatable bonds is 7. The van der Waals surface area contributed by atoms with Gasteiger partial charge in [0.1, 0.15) is 11.6 Å². The molecule has 1 heterocycles. The first-order chi connectivity index (χ1) is 12.8. The van der Waals surface area contributed by atoms with Crippen LogP contribution in [-0.2, 0) is 0 Å². The van der Waals surface area contributed by atoms with Gasteiger partial charge < -0.3 is 15.4 Å². The van der Waals surface area contributed by atoms with Gasteiger partial charge in [-0.1, -0.05) is 19.3 Å². The van der Waals surface area contributed by atoms with Crippen LogP contribution in [0.1, 0.15) is 63.5 Å². The van der Waals surface area contributed by atoms with Crippen molar-refractivity contribution in [1.29, 1.82) is 0 Å².